The summed E-state index contributed by atoms with van der Waals surface area (Å²) in [5.74, 6) is 0. The highest BCUT2D eigenvalue weighted by Crippen LogP contribution is 2.33. The van der Waals surface area contributed by atoms with Crippen molar-refractivity contribution in [3.63, 3.8) is 0 Å². The number of nitrogens with zero attached hydrogens (tertiary/aromatic N) is 1. The van der Waals surface area contributed by atoms with E-state index in [9.17, 15) is 5.11 Å². The van der Waals surface area contributed by atoms with Gasteiger partial charge in [-0.1, -0.05) is 35.9 Å². The van der Waals surface area contributed by atoms with Crippen molar-refractivity contribution in [2.24, 2.45) is 0 Å². The molecule has 2 nitrogen and oxygen atoms in total. The molecule has 2 aromatic carbocycles. The van der Waals surface area contributed by atoms with Crippen molar-refractivity contribution in [2.75, 3.05) is 0 Å². The minimum atomic E-state index is -1.01. The lowest BCUT2D eigenvalue weighted by molar-refractivity contribution is 0.102. The molecule has 0 aliphatic carbocycles. The highest BCUT2D eigenvalue weighted by Gasteiger charge is 2.27. The first-order valence-electron chi connectivity index (χ1n) is 7.14. The lowest BCUT2D eigenvalue weighted by atomic mass is 9.84. The SMILES string of the molecule is Cc1ccc(C)c(C(C)(O)c2ccc3ncccc3c2)c1. The molecule has 3 aromatic rings. The van der Waals surface area contributed by atoms with Crippen molar-refractivity contribution in [1.29, 1.82) is 0 Å². The van der Waals surface area contributed by atoms with Gasteiger partial charge < -0.3 is 5.11 Å². The average Bonchev–Trinajstić information content (AvgIpc) is 2.49. The maximum Gasteiger partial charge on any atom is 0.112 e. The van der Waals surface area contributed by atoms with Crippen LogP contribution >= 0.6 is 0 Å². The second-order valence-corrected chi connectivity index (χ2v) is 5.80. The fourth-order valence-electron chi connectivity index (χ4n) is 2.79. The summed E-state index contributed by atoms with van der Waals surface area (Å²) in [5.41, 5.74) is 4.01. The Morgan fingerprint density at radius 2 is 1.81 bits per heavy atom. The summed E-state index contributed by atoms with van der Waals surface area (Å²) in [6.07, 6.45) is 1.78. The Balaban J connectivity index is 2.17. The maximum atomic E-state index is 11.1. The van der Waals surface area contributed by atoms with Crippen molar-refractivity contribution >= 4 is 10.9 Å². The molecule has 1 unspecified atom stereocenters. The van der Waals surface area contributed by atoms with Crippen LogP contribution in [-0.4, -0.2) is 10.1 Å². The summed E-state index contributed by atoms with van der Waals surface area (Å²) in [7, 11) is 0. The number of hydrogen-bond acceptors (Lipinski definition) is 2. The third-order valence-electron chi connectivity index (χ3n) is 4.08. The van der Waals surface area contributed by atoms with Crippen LogP contribution in [0.25, 0.3) is 10.9 Å². The molecule has 0 amide bonds. The smallest absolute Gasteiger partial charge is 0.112 e. The van der Waals surface area contributed by atoms with Crippen LogP contribution in [-0.2, 0) is 5.60 Å². The zero-order valence-corrected chi connectivity index (χ0v) is 12.6. The summed E-state index contributed by atoms with van der Waals surface area (Å²) in [4.78, 5) is 4.33. The summed E-state index contributed by atoms with van der Waals surface area (Å²) in [6.45, 7) is 5.93. The first-order chi connectivity index (χ1) is 9.98. The van der Waals surface area contributed by atoms with Crippen LogP contribution in [0.3, 0.4) is 0 Å². The maximum absolute atomic E-state index is 11.1. The van der Waals surface area contributed by atoms with Gasteiger partial charge in [0.15, 0.2) is 0 Å². The molecule has 0 saturated carbocycles. The number of benzene rings is 2. The van der Waals surface area contributed by atoms with Gasteiger partial charge in [0.25, 0.3) is 0 Å². The van der Waals surface area contributed by atoms with Crippen molar-refractivity contribution in [3.8, 4) is 0 Å². The molecular formula is C19H19NO. The van der Waals surface area contributed by atoms with E-state index in [1.165, 1.54) is 0 Å². The van der Waals surface area contributed by atoms with Gasteiger partial charge in [-0.05, 0) is 55.7 Å². The van der Waals surface area contributed by atoms with Crippen molar-refractivity contribution < 1.29 is 5.11 Å². The molecule has 3 rings (SSSR count). The second-order valence-electron chi connectivity index (χ2n) is 5.80. The van der Waals surface area contributed by atoms with Crippen molar-refractivity contribution in [3.05, 3.63) is 77.0 Å². The zero-order chi connectivity index (χ0) is 15.0. The van der Waals surface area contributed by atoms with Crippen molar-refractivity contribution in [2.45, 2.75) is 26.4 Å². The van der Waals surface area contributed by atoms with Gasteiger partial charge in [-0.25, -0.2) is 0 Å². The van der Waals surface area contributed by atoms with Crippen LogP contribution in [0.5, 0.6) is 0 Å². The van der Waals surface area contributed by atoms with Gasteiger partial charge in [0.2, 0.25) is 0 Å². The largest absolute Gasteiger partial charge is 0.381 e. The van der Waals surface area contributed by atoms with E-state index < -0.39 is 5.60 Å². The first-order valence-corrected chi connectivity index (χ1v) is 7.14. The van der Waals surface area contributed by atoms with E-state index >= 15 is 0 Å². The fraction of sp³-hybridized carbons (Fsp3) is 0.211. The van der Waals surface area contributed by atoms with Gasteiger partial charge in [0, 0.05) is 11.6 Å². The third kappa shape index (κ3) is 2.43. The molecular weight excluding hydrogens is 258 g/mol. The Hall–Kier alpha value is -2.19. The van der Waals surface area contributed by atoms with E-state index in [0.717, 1.165) is 33.2 Å². The van der Waals surface area contributed by atoms with Gasteiger partial charge in [-0.3, -0.25) is 4.98 Å². The Bertz CT molecular complexity index is 806. The van der Waals surface area contributed by atoms with Crippen LogP contribution in [0.1, 0.15) is 29.2 Å². The molecule has 106 valence electrons. The lowest BCUT2D eigenvalue weighted by Gasteiger charge is -2.27. The van der Waals surface area contributed by atoms with Crippen LogP contribution in [0.4, 0.5) is 0 Å². The number of aromatic nitrogens is 1. The van der Waals surface area contributed by atoms with Crippen molar-refractivity contribution in [1.82, 2.24) is 4.98 Å². The molecule has 0 spiro atoms. The van der Waals surface area contributed by atoms with Crippen LogP contribution in [0, 0.1) is 13.8 Å². The molecule has 2 heteroatoms. The predicted molar refractivity (Wildman–Crippen MR) is 86.3 cm³/mol. The van der Waals surface area contributed by atoms with Gasteiger partial charge in [-0.15, -0.1) is 0 Å². The molecule has 0 aliphatic heterocycles. The molecule has 1 aromatic heterocycles. The molecule has 0 fully saturated rings. The molecule has 0 saturated heterocycles. The lowest BCUT2D eigenvalue weighted by Crippen LogP contribution is -2.24. The molecule has 0 bridgehead atoms. The molecule has 1 heterocycles. The van der Waals surface area contributed by atoms with Crippen LogP contribution in [0.15, 0.2) is 54.7 Å². The zero-order valence-electron chi connectivity index (χ0n) is 12.6. The first kappa shape index (κ1) is 13.8. The van der Waals surface area contributed by atoms with E-state index in [1.807, 2.05) is 51.1 Å². The highest BCUT2D eigenvalue weighted by molar-refractivity contribution is 5.79. The number of aryl methyl sites for hydroxylation is 2. The molecule has 1 N–H and O–H groups in total. The Morgan fingerprint density at radius 3 is 2.62 bits per heavy atom. The van der Waals surface area contributed by atoms with Gasteiger partial charge >= 0.3 is 0 Å². The number of rotatable bonds is 2. The van der Waals surface area contributed by atoms with E-state index in [4.69, 9.17) is 0 Å². The number of pyridine rings is 1. The minimum Gasteiger partial charge on any atom is -0.381 e. The molecule has 1 atom stereocenters. The van der Waals surface area contributed by atoms with E-state index in [0.29, 0.717) is 0 Å². The summed E-state index contributed by atoms with van der Waals surface area (Å²) in [6, 6.07) is 16.1. The van der Waals surface area contributed by atoms with Gasteiger partial charge in [-0.2, -0.15) is 0 Å². The molecule has 21 heavy (non-hydrogen) atoms. The van der Waals surface area contributed by atoms with Gasteiger partial charge in [0.1, 0.15) is 5.60 Å². The summed E-state index contributed by atoms with van der Waals surface area (Å²) in [5, 5.41) is 12.1. The molecule has 0 aliphatic rings. The van der Waals surface area contributed by atoms with Crippen LogP contribution < -0.4 is 0 Å². The Labute approximate surface area is 125 Å². The van der Waals surface area contributed by atoms with E-state index in [1.54, 1.807) is 6.20 Å². The third-order valence-corrected chi connectivity index (χ3v) is 4.08. The monoisotopic (exact) mass is 277 g/mol. The topological polar surface area (TPSA) is 33.1 Å². The number of aliphatic hydroxyl groups is 1. The fourth-order valence-corrected chi connectivity index (χ4v) is 2.79. The number of fused-ring (bicyclic) bond motifs is 1. The normalized spacial score (nSPS) is 14.1. The number of hydrogen-bond donors (Lipinski definition) is 1. The highest BCUT2D eigenvalue weighted by atomic mass is 16.3. The summed E-state index contributed by atoms with van der Waals surface area (Å²) >= 11 is 0. The minimum absolute atomic E-state index is 0.886. The predicted octanol–water partition coefficient (Wildman–Crippen LogP) is 4.11. The summed E-state index contributed by atoms with van der Waals surface area (Å²) < 4.78 is 0. The van der Waals surface area contributed by atoms with Gasteiger partial charge in [0.05, 0.1) is 5.52 Å². The van der Waals surface area contributed by atoms with E-state index in [-0.39, 0.29) is 0 Å². The quantitative estimate of drug-likeness (QED) is 0.764. The van der Waals surface area contributed by atoms with Crippen LogP contribution in [0.2, 0.25) is 0 Å². The average molecular weight is 277 g/mol. The molecule has 0 radical (unpaired) electrons. The van der Waals surface area contributed by atoms with E-state index in [2.05, 4.69) is 23.2 Å². The Morgan fingerprint density at radius 1 is 1.00 bits per heavy atom. The second kappa shape index (κ2) is 4.97. The Kier molecular flexibility index (Phi) is 3.26. The standard InChI is InChI=1S/C19H19NO/c1-13-6-7-14(2)17(11-13)19(3,21)16-8-9-18-15(12-16)5-4-10-20-18/h4-12,21H,1-3H3.